The normalized spacial score (nSPS) is 27.2. The van der Waals surface area contributed by atoms with E-state index in [1.165, 1.54) is 36.8 Å². The fourth-order valence-corrected chi connectivity index (χ4v) is 4.43. The predicted molar refractivity (Wildman–Crippen MR) is 98.8 cm³/mol. The van der Waals surface area contributed by atoms with Gasteiger partial charge in [-0.1, -0.05) is 45.0 Å². The highest BCUT2D eigenvalue weighted by Crippen LogP contribution is 2.33. The van der Waals surface area contributed by atoms with Crippen LogP contribution in [0, 0.1) is 11.8 Å². The molecule has 2 saturated heterocycles. The van der Waals surface area contributed by atoms with E-state index in [-0.39, 0.29) is 11.9 Å². The molecule has 2 bridgehead atoms. The number of aryl methyl sites for hydroxylation is 1. The molecule has 2 fully saturated rings. The number of amides is 1. The van der Waals surface area contributed by atoms with Crippen LogP contribution in [0.2, 0.25) is 0 Å². The highest BCUT2D eigenvalue weighted by molar-refractivity contribution is 5.76. The van der Waals surface area contributed by atoms with Crippen LogP contribution in [-0.4, -0.2) is 18.0 Å². The number of rotatable bonds is 6. The van der Waals surface area contributed by atoms with Crippen LogP contribution in [0.1, 0.15) is 70.0 Å². The van der Waals surface area contributed by atoms with Gasteiger partial charge in [-0.15, -0.1) is 0 Å². The summed E-state index contributed by atoms with van der Waals surface area (Å²) in [5, 5.41) is 6.97. The monoisotopic (exact) mass is 328 g/mol. The van der Waals surface area contributed by atoms with Gasteiger partial charge < -0.3 is 10.6 Å². The summed E-state index contributed by atoms with van der Waals surface area (Å²) in [5.41, 5.74) is 2.57. The largest absolute Gasteiger partial charge is 0.349 e. The fourth-order valence-electron chi connectivity index (χ4n) is 4.43. The van der Waals surface area contributed by atoms with Crippen molar-refractivity contribution in [2.45, 2.75) is 77.4 Å². The summed E-state index contributed by atoms with van der Waals surface area (Å²) in [6.07, 6.45) is 6.66. The SMILES string of the molecule is CCc1ccc(C(NC(=O)CC2CC3CCC(C2)N3)C(C)C)cc1. The van der Waals surface area contributed by atoms with Gasteiger partial charge in [-0.05, 0) is 55.1 Å². The number of carbonyl (C=O) groups excluding carboxylic acids is 1. The van der Waals surface area contributed by atoms with Crippen molar-refractivity contribution in [3.05, 3.63) is 35.4 Å². The average Bonchev–Trinajstić information content (AvgIpc) is 2.91. The Hall–Kier alpha value is -1.35. The Kier molecular flexibility index (Phi) is 5.60. The molecular formula is C21H32N2O. The van der Waals surface area contributed by atoms with Crippen molar-refractivity contribution in [1.29, 1.82) is 0 Å². The van der Waals surface area contributed by atoms with Crippen molar-refractivity contribution < 1.29 is 4.79 Å². The Labute approximate surface area is 146 Å². The lowest BCUT2D eigenvalue weighted by atomic mass is 9.88. The van der Waals surface area contributed by atoms with Gasteiger partial charge in [-0.2, -0.15) is 0 Å². The Bertz CT molecular complexity index is 539. The highest BCUT2D eigenvalue weighted by Gasteiger charge is 2.34. The van der Waals surface area contributed by atoms with Gasteiger partial charge in [0.15, 0.2) is 0 Å². The minimum absolute atomic E-state index is 0.113. The van der Waals surface area contributed by atoms with Gasteiger partial charge in [0, 0.05) is 18.5 Å². The number of nitrogens with one attached hydrogen (secondary N) is 2. The van der Waals surface area contributed by atoms with E-state index < -0.39 is 0 Å². The van der Waals surface area contributed by atoms with Crippen molar-refractivity contribution in [3.8, 4) is 0 Å². The van der Waals surface area contributed by atoms with E-state index in [1.54, 1.807) is 0 Å². The molecule has 2 aliphatic heterocycles. The number of piperidine rings is 1. The molecule has 0 radical (unpaired) electrons. The summed E-state index contributed by atoms with van der Waals surface area (Å²) in [5.74, 6) is 1.17. The molecule has 0 aromatic heterocycles. The summed E-state index contributed by atoms with van der Waals surface area (Å²) in [4.78, 5) is 12.6. The quantitative estimate of drug-likeness (QED) is 0.829. The molecule has 2 aliphatic rings. The van der Waals surface area contributed by atoms with E-state index in [0.717, 1.165) is 6.42 Å². The molecule has 132 valence electrons. The summed E-state index contributed by atoms with van der Waals surface area (Å²) < 4.78 is 0. The molecule has 2 heterocycles. The molecule has 0 spiro atoms. The molecule has 1 aromatic carbocycles. The molecule has 0 saturated carbocycles. The van der Waals surface area contributed by atoms with Crippen molar-refractivity contribution in [2.75, 3.05) is 0 Å². The first-order valence-corrected chi connectivity index (χ1v) is 9.69. The highest BCUT2D eigenvalue weighted by atomic mass is 16.1. The van der Waals surface area contributed by atoms with E-state index >= 15 is 0 Å². The van der Waals surface area contributed by atoms with Gasteiger partial charge in [0.25, 0.3) is 0 Å². The smallest absolute Gasteiger partial charge is 0.220 e. The third-order valence-corrected chi connectivity index (χ3v) is 5.78. The lowest BCUT2D eigenvalue weighted by Gasteiger charge is -2.30. The maximum atomic E-state index is 12.6. The van der Waals surface area contributed by atoms with Crippen LogP contribution in [0.4, 0.5) is 0 Å². The second kappa shape index (κ2) is 7.69. The Balaban J connectivity index is 1.59. The van der Waals surface area contributed by atoms with Gasteiger partial charge in [0.1, 0.15) is 0 Å². The molecule has 1 aromatic rings. The van der Waals surface area contributed by atoms with Gasteiger partial charge in [-0.3, -0.25) is 4.79 Å². The maximum absolute atomic E-state index is 12.6. The van der Waals surface area contributed by atoms with Gasteiger partial charge >= 0.3 is 0 Å². The van der Waals surface area contributed by atoms with Crippen molar-refractivity contribution in [2.24, 2.45) is 11.8 Å². The van der Waals surface area contributed by atoms with E-state index in [4.69, 9.17) is 0 Å². The number of carbonyl (C=O) groups is 1. The van der Waals surface area contributed by atoms with E-state index in [0.29, 0.717) is 30.3 Å². The average molecular weight is 328 g/mol. The molecule has 0 aliphatic carbocycles. The Morgan fingerprint density at radius 1 is 1.17 bits per heavy atom. The van der Waals surface area contributed by atoms with Crippen LogP contribution >= 0.6 is 0 Å². The first-order valence-electron chi connectivity index (χ1n) is 9.69. The summed E-state index contributed by atoms with van der Waals surface area (Å²) >= 11 is 0. The minimum atomic E-state index is 0.113. The molecule has 24 heavy (non-hydrogen) atoms. The van der Waals surface area contributed by atoms with E-state index in [9.17, 15) is 4.79 Å². The van der Waals surface area contributed by atoms with Gasteiger partial charge in [-0.25, -0.2) is 0 Å². The fraction of sp³-hybridized carbons (Fsp3) is 0.667. The maximum Gasteiger partial charge on any atom is 0.220 e. The van der Waals surface area contributed by atoms with Gasteiger partial charge in [0.05, 0.1) is 6.04 Å². The summed E-state index contributed by atoms with van der Waals surface area (Å²) in [7, 11) is 0. The van der Waals surface area contributed by atoms with Crippen LogP contribution in [0.3, 0.4) is 0 Å². The standard InChI is InChI=1S/C21H32N2O/c1-4-15-5-7-17(8-6-15)21(14(2)3)23-20(24)13-16-11-18-9-10-19(12-16)22-18/h5-8,14,16,18-19,21-22H,4,9-13H2,1-3H3,(H,23,24). The lowest BCUT2D eigenvalue weighted by molar-refractivity contribution is -0.123. The third kappa shape index (κ3) is 4.18. The molecule has 2 N–H and O–H groups in total. The van der Waals surface area contributed by atoms with Crippen molar-refractivity contribution in [1.82, 2.24) is 10.6 Å². The second-order valence-electron chi connectivity index (χ2n) is 8.06. The zero-order chi connectivity index (χ0) is 17.1. The van der Waals surface area contributed by atoms with Crippen molar-refractivity contribution in [3.63, 3.8) is 0 Å². The third-order valence-electron chi connectivity index (χ3n) is 5.78. The number of hydrogen-bond acceptors (Lipinski definition) is 2. The lowest BCUT2D eigenvalue weighted by Crippen LogP contribution is -2.40. The Morgan fingerprint density at radius 2 is 1.79 bits per heavy atom. The summed E-state index contributed by atoms with van der Waals surface area (Å²) in [6.45, 7) is 6.54. The number of benzene rings is 1. The predicted octanol–water partition coefficient (Wildman–Crippen LogP) is 3.98. The molecular weight excluding hydrogens is 296 g/mol. The van der Waals surface area contributed by atoms with Crippen LogP contribution < -0.4 is 10.6 Å². The van der Waals surface area contributed by atoms with Crippen LogP contribution in [0.15, 0.2) is 24.3 Å². The van der Waals surface area contributed by atoms with Crippen LogP contribution in [0.25, 0.3) is 0 Å². The van der Waals surface area contributed by atoms with Gasteiger partial charge in [0.2, 0.25) is 5.91 Å². The zero-order valence-electron chi connectivity index (χ0n) is 15.3. The second-order valence-corrected chi connectivity index (χ2v) is 8.06. The molecule has 3 nitrogen and oxygen atoms in total. The molecule has 3 heteroatoms. The Morgan fingerprint density at radius 3 is 2.33 bits per heavy atom. The number of fused-ring (bicyclic) bond motifs is 2. The zero-order valence-corrected chi connectivity index (χ0v) is 15.3. The number of hydrogen-bond donors (Lipinski definition) is 2. The minimum Gasteiger partial charge on any atom is -0.349 e. The van der Waals surface area contributed by atoms with E-state index in [2.05, 4.69) is 55.7 Å². The molecule has 3 atom stereocenters. The van der Waals surface area contributed by atoms with E-state index in [1.807, 2.05) is 0 Å². The first-order chi connectivity index (χ1) is 11.5. The van der Waals surface area contributed by atoms with Crippen LogP contribution in [-0.2, 0) is 11.2 Å². The van der Waals surface area contributed by atoms with Crippen molar-refractivity contribution >= 4 is 5.91 Å². The molecule has 3 rings (SSSR count). The topological polar surface area (TPSA) is 41.1 Å². The summed E-state index contributed by atoms with van der Waals surface area (Å²) in [6, 6.07) is 10.1. The molecule has 3 unspecified atom stereocenters. The first kappa shape index (κ1) is 17.5. The molecule has 1 amide bonds. The van der Waals surface area contributed by atoms with Crippen LogP contribution in [0.5, 0.6) is 0 Å².